The minimum absolute atomic E-state index is 0.270. The van der Waals surface area contributed by atoms with Gasteiger partial charge in [-0.3, -0.25) is 0 Å². The minimum atomic E-state index is 0.270. The summed E-state index contributed by atoms with van der Waals surface area (Å²) in [6.07, 6.45) is 2.09. The van der Waals surface area contributed by atoms with E-state index in [1.54, 1.807) is 7.11 Å². The number of halogens is 1. The van der Waals surface area contributed by atoms with Gasteiger partial charge in [-0.05, 0) is 33.2 Å². The maximum Gasteiger partial charge on any atom is 0.0476 e. The lowest BCUT2D eigenvalue weighted by atomic mass is 10.2. The van der Waals surface area contributed by atoms with E-state index >= 15 is 0 Å². The van der Waals surface area contributed by atoms with Crippen LogP contribution < -0.4 is 5.32 Å². The van der Waals surface area contributed by atoms with Crippen LogP contribution in [-0.2, 0) is 4.74 Å². The molecule has 12 heavy (non-hydrogen) atoms. The van der Waals surface area contributed by atoms with Crippen LogP contribution in [0.5, 0.6) is 0 Å². The van der Waals surface area contributed by atoms with Crippen molar-refractivity contribution in [1.29, 1.82) is 0 Å². The van der Waals surface area contributed by atoms with E-state index in [9.17, 15) is 0 Å². The molecule has 0 aliphatic heterocycles. The Hall–Kier alpha value is 0.210. The number of rotatable bonds is 7. The maximum absolute atomic E-state index is 5.80. The van der Waals surface area contributed by atoms with E-state index in [-0.39, 0.29) is 5.38 Å². The Balaban J connectivity index is 3.13. The van der Waals surface area contributed by atoms with Crippen LogP contribution in [0.1, 0.15) is 26.7 Å². The first-order valence-electron chi connectivity index (χ1n) is 4.53. The van der Waals surface area contributed by atoms with Gasteiger partial charge in [-0.1, -0.05) is 0 Å². The standard InChI is InChI=1S/C9H20ClNO/c1-8(10)4-6-11-9(2)5-7-12-3/h8-9,11H,4-7H2,1-3H3. The quantitative estimate of drug-likeness (QED) is 0.625. The molecule has 0 amide bonds. The predicted molar refractivity (Wildman–Crippen MR) is 53.9 cm³/mol. The largest absolute Gasteiger partial charge is 0.385 e. The van der Waals surface area contributed by atoms with Crippen molar-refractivity contribution in [3.63, 3.8) is 0 Å². The van der Waals surface area contributed by atoms with Crippen molar-refractivity contribution >= 4 is 11.6 Å². The summed E-state index contributed by atoms with van der Waals surface area (Å²) in [5.41, 5.74) is 0. The van der Waals surface area contributed by atoms with Crippen LogP contribution in [0, 0.1) is 0 Å². The molecule has 2 atom stereocenters. The van der Waals surface area contributed by atoms with Crippen LogP contribution in [0.2, 0.25) is 0 Å². The van der Waals surface area contributed by atoms with Crippen molar-refractivity contribution in [2.24, 2.45) is 0 Å². The van der Waals surface area contributed by atoms with Gasteiger partial charge < -0.3 is 10.1 Å². The lowest BCUT2D eigenvalue weighted by molar-refractivity contribution is 0.185. The van der Waals surface area contributed by atoms with Crippen LogP contribution in [0.4, 0.5) is 0 Å². The number of nitrogens with one attached hydrogen (secondary N) is 1. The molecule has 0 radical (unpaired) electrons. The number of alkyl halides is 1. The molecular weight excluding hydrogens is 174 g/mol. The van der Waals surface area contributed by atoms with Crippen LogP contribution in [-0.4, -0.2) is 31.7 Å². The Morgan fingerprint density at radius 1 is 1.33 bits per heavy atom. The molecule has 0 aliphatic rings. The van der Waals surface area contributed by atoms with Gasteiger partial charge in [-0.15, -0.1) is 11.6 Å². The molecule has 1 N–H and O–H groups in total. The molecule has 3 heteroatoms. The van der Waals surface area contributed by atoms with Gasteiger partial charge >= 0.3 is 0 Å². The van der Waals surface area contributed by atoms with Crippen LogP contribution in [0.25, 0.3) is 0 Å². The first-order chi connectivity index (χ1) is 5.66. The smallest absolute Gasteiger partial charge is 0.0476 e. The van der Waals surface area contributed by atoms with Crippen molar-refractivity contribution in [2.45, 2.75) is 38.1 Å². The first kappa shape index (κ1) is 12.2. The van der Waals surface area contributed by atoms with Gasteiger partial charge in [-0.25, -0.2) is 0 Å². The van der Waals surface area contributed by atoms with Gasteiger partial charge in [-0.2, -0.15) is 0 Å². The molecule has 0 saturated heterocycles. The summed E-state index contributed by atoms with van der Waals surface area (Å²) < 4.78 is 4.97. The number of methoxy groups -OCH3 is 1. The Morgan fingerprint density at radius 3 is 2.50 bits per heavy atom. The van der Waals surface area contributed by atoms with Crippen LogP contribution in [0.3, 0.4) is 0 Å². The van der Waals surface area contributed by atoms with Gasteiger partial charge in [0.1, 0.15) is 0 Å². The number of hydrogen-bond donors (Lipinski definition) is 1. The maximum atomic E-state index is 5.80. The molecule has 0 spiro atoms. The van der Waals surface area contributed by atoms with Crippen molar-refractivity contribution in [1.82, 2.24) is 5.32 Å². The summed E-state index contributed by atoms with van der Waals surface area (Å²) in [4.78, 5) is 0. The summed E-state index contributed by atoms with van der Waals surface area (Å²) in [6, 6.07) is 0.528. The third-order valence-corrected chi connectivity index (χ3v) is 2.01. The van der Waals surface area contributed by atoms with E-state index in [1.807, 2.05) is 6.92 Å². The molecule has 2 nitrogen and oxygen atoms in total. The van der Waals surface area contributed by atoms with Crippen molar-refractivity contribution in [3.05, 3.63) is 0 Å². The van der Waals surface area contributed by atoms with Crippen LogP contribution in [0.15, 0.2) is 0 Å². The van der Waals surface area contributed by atoms with E-state index in [0.717, 1.165) is 26.0 Å². The molecule has 0 aromatic carbocycles. The normalized spacial score (nSPS) is 16.0. The highest BCUT2D eigenvalue weighted by Gasteiger charge is 2.01. The van der Waals surface area contributed by atoms with Crippen LogP contribution >= 0.6 is 11.6 Å². The summed E-state index contributed by atoms with van der Waals surface area (Å²) in [7, 11) is 1.73. The molecule has 0 aromatic rings. The summed E-state index contributed by atoms with van der Waals surface area (Å²) in [5.74, 6) is 0. The SMILES string of the molecule is COCCC(C)NCCC(C)Cl. The van der Waals surface area contributed by atoms with E-state index in [2.05, 4.69) is 12.2 Å². The minimum Gasteiger partial charge on any atom is -0.385 e. The Kier molecular flexibility index (Phi) is 7.98. The molecule has 0 fully saturated rings. The van der Waals surface area contributed by atoms with Gasteiger partial charge in [0.05, 0.1) is 0 Å². The second-order valence-electron chi connectivity index (χ2n) is 3.21. The number of ether oxygens (including phenoxy) is 1. The average molecular weight is 194 g/mol. The van der Waals surface area contributed by atoms with Crippen molar-refractivity contribution < 1.29 is 4.74 Å². The fourth-order valence-corrected chi connectivity index (χ4v) is 1.03. The molecule has 0 aliphatic carbocycles. The summed E-state index contributed by atoms with van der Waals surface area (Å²) in [5, 5.41) is 3.65. The molecular formula is C9H20ClNO. The molecule has 0 bridgehead atoms. The highest BCUT2D eigenvalue weighted by Crippen LogP contribution is 1.98. The zero-order valence-corrected chi connectivity index (χ0v) is 9.03. The van der Waals surface area contributed by atoms with Crippen molar-refractivity contribution in [3.8, 4) is 0 Å². The van der Waals surface area contributed by atoms with Crippen molar-refractivity contribution in [2.75, 3.05) is 20.3 Å². The van der Waals surface area contributed by atoms with E-state index in [1.165, 1.54) is 0 Å². The molecule has 0 heterocycles. The second kappa shape index (κ2) is 7.84. The molecule has 0 rings (SSSR count). The predicted octanol–water partition coefficient (Wildman–Crippen LogP) is 2.02. The zero-order valence-electron chi connectivity index (χ0n) is 8.27. The molecule has 74 valence electrons. The Morgan fingerprint density at radius 2 is 2.00 bits per heavy atom. The third kappa shape index (κ3) is 8.31. The lowest BCUT2D eigenvalue weighted by Crippen LogP contribution is -2.29. The molecule has 2 unspecified atom stereocenters. The summed E-state index contributed by atoms with van der Waals surface area (Å²) in [6.45, 7) is 6.00. The Labute approximate surface area is 80.6 Å². The number of hydrogen-bond acceptors (Lipinski definition) is 2. The Bertz CT molecular complexity index is 98.5. The highest BCUT2D eigenvalue weighted by molar-refractivity contribution is 6.20. The van der Waals surface area contributed by atoms with Gasteiger partial charge in [0.15, 0.2) is 0 Å². The topological polar surface area (TPSA) is 21.3 Å². The van der Waals surface area contributed by atoms with Gasteiger partial charge in [0.25, 0.3) is 0 Å². The molecule has 0 saturated carbocycles. The fourth-order valence-electron chi connectivity index (χ4n) is 0.925. The van der Waals surface area contributed by atoms with E-state index in [0.29, 0.717) is 6.04 Å². The lowest BCUT2D eigenvalue weighted by Gasteiger charge is -2.13. The second-order valence-corrected chi connectivity index (χ2v) is 3.95. The molecule has 0 aromatic heterocycles. The summed E-state index contributed by atoms with van der Waals surface area (Å²) >= 11 is 5.80. The van der Waals surface area contributed by atoms with E-state index in [4.69, 9.17) is 16.3 Å². The third-order valence-electron chi connectivity index (χ3n) is 1.79. The fraction of sp³-hybridized carbons (Fsp3) is 1.00. The van der Waals surface area contributed by atoms with E-state index < -0.39 is 0 Å². The first-order valence-corrected chi connectivity index (χ1v) is 4.97. The zero-order chi connectivity index (χ0) is 9.40. The highest BCUT2D eigenvalue weighted by atomic mass is 35.5. The average Bonchev–Trinajstić information content (AvgIpc) is 2.00. The monoisotopic (exact) mass is 193 g/mol. The van der Waals surface area contributed by atoms with Gasteiger partial charge in [0.2, 0.25) is 0 Å². The van der Waals surface area contributed by atoms with Gasteiger partial charge in [0, 0.05) is 25.1 Å².